The van der Waals surface area contributed by atoms with E-state index in [0.717, 1.165) is 5.92 Å². The summed E-state index contributed by atoms with van der Waals surface area (Å²) in [6.07, 6.45) is 11.9. The van der Waals surface area contributed by atoms with Crippen molar-refractivity contribution in [1.29, 1.82) is 0 Å². The van der Waals surface area contributed by atoms with Crippen molar-refractivity contribution < 1.29 is 0 Å². The van der Waals surface area contributed by atoms with Crippen LogP contribution in [0.25, 0.3) is 0 Å². The Kier molecular flexibility index (Phi) is 6.06. The summed E-state index contributed by atoms with van der Waals surface area (Å²) in [5.74, 6) is 0.741. The van der Waals surface area contributed by atoms with E-state index in [0.29, 0.717) is 0 Å². The molecule has 0 aliphatic carbocycles. The first-order valence-corrected chi connectivity index (χ1v) is 6.28. The third kappa shape index (κ3) is 4.46. The lowest BCUT2D eigenvalue weighted by Crippen LogP contribution is -1.97. The molecule has 1 nitrogen and oxygen atoms in total. The van der Waals surface area contributed by atoms with Crippen molar-refractivity contribution in [3.05, 3.63) is 30.1 Å². The maximum atomic E-state index is 4.07. The zero-order chi connectivity index (χ0) is 10.9. The fourth-order valence-corrected chi connectivity index (χ4v) is 2.06. The summed E-state index contributed by atoms with van der Waals surface area (Å²) in [4.78, 5) is 4.07. The van der Waals surface area contributed by atoms with Crippen molar-refractivity contribution in [1.82, 2.24) is 4.98 Å². The Balaban J connectivity index is 2.36. The normalized spacial score (nSPS) is 12.7. The first kappa shape index (κ1) is 12.2. The van der Waals surface area contributed by atoms with Crippen molar-refractivity contribution in [2.45, 2.75) is 58.3 Å². The standard InChI is InChI=1S/C14H23N/c1-3-5-6-7-8-13(4-2)14-9-11-15-12-10-14/h9-13H,3-8H2,1-2H3. The first-order valence-electron chi connectivity index (χ1n) is 6.28. The van der Waals surface area contributed by atoms with Gasteiger partial charge in [-0.1, -0.05) is 39.5 Å². The quantitative estimate of drug-likeness (QED) is 0.595. The molecular weight excluding hydrogens is 182 g/mol. The smallest absolute Gasteiger partial charge is 0.0270 e. The minimum atomic E-state index is 0.741. The van der Waals surface area contributed by atoms with E-state index in [4.69, 9.17) is 0 Å². The Bertz CT molecular complexity index is 243. The number of aromatic nitrogens is 1. The van der Waals surface area contributed by atoms with Crippen LogP contribution >= 0.6 is 0 Å². The molecule has 0 saturated carbocycles. The van der Waals surface area contributed by atoms with Crippen LogP contribution in [0, 0.1) is 0 Å². The number of hydrogen-bond donors (Lipinski definition) is 0. The average Bonchev–Trinajstić information content (AvgIpc) is 2.30. The molecule has 1 heterocycles. The minimum absolute atomic E-state index is 0.741. The lowest BCUT2D eigenvalue weighted by atomic mass is 9.91. The molecular formula is C14H23N. The Labute approximate surface area is 93.9 Å². The molecule has 1 atom stereocenters. The maximum absolute atomic E-state index is 4.07. The third-order valence-corrected chi connectivity index (χ3v) is 3.08. The minimum Gasteiger partial charge on any atom is -0.265 e. The van der Waals surface area contributed by atoms with Gasteiger partial charge in [0.1, 0.15) is 0 Å². The Morgan fingerprint density at radius 1 is 1.07 bits per heavy atom. The van der Waals surface area contributed by atoms with E-state index in [-0.39, 0.29) is 0 Å². The molecule has 0 fully saturated rings. The molecule has 1 aromatic heterocycles. The van der Waals surface area contributed by atoms with Gasteiger partial charge in [-0.2, -0.15) is 0 Å². The van der Waals surface area contributed by atoms with E-state index in [2.05, 4.69) is 31.0 Å². The van der Waals surface area contributed by atoms with Gasteiger partial charge in [0.2, 0.25) is 0 Å². The largest absolute Gasteiger partial charge is 0.265 e. The van der Waals surface area contributed by atoms with Gasteiger partial charge in [-0.25, -0.2) is 0 Å². The van der Waals surface area contributed by atoms with Crippen molar-refractivity contribution >= 4 is 0 Å². The first-order chi connectivity index (χ1) is 7.38. The van der Waals surface area contributed by atoms with Crippen LogP contribution in [0.3, 0.4) is 0 Å². The van der Waals surface area contributed by atoms with Gasteiger partial charge in [0.05, 0.1) is 0 Å². The summed E-state index contributed by atoms with van der Waals surface area (Å²) in [5, 5.41) is 0. The number of unbranched alkanes of at least 4 members (excludes halogenated alkanes) is 3. The second-order valence-electron chi connectivity index (χ2n) is 4.24. The van der Waals surface area contributed by atoms with E-state index in [1.807, 2.05) is 12.4 Å². The van der Waals surface area contributed by atoms with Gasteiger partial charge in [-0.15, -0.1) is 0 Å². The van der Waals surface area contributed by atoms with Gasteiger partial charge in [-0.3, -0.25) is 4.98 Å². The maximum Gasteiger partial charge on any atom is 0.0270 e. The van der Waals surface area contributed by atoms with Crippen molar-refractivity contribution in [2.24, 2.45) is 0 Å². The monoisotopic (exact) mass is 205 g/mol. The zero-order valence-corrected chi connectivity index (χ0v) is 10.1. The van der Waals surface area contributed by atoms with E-state index < -0.39 is 0 Å². The van der Waals surface area contributed by atoms with Crippen LogP contribution < -0.4 is 0 Å². The highest BCUT2D eigenvalue weighted by Crippen LogP contribution is 2.25. The molecule has 0 spiro atoms. The Morgan fingerprint density at radius 2 is 1.80 bits per heavy atom. The molecule has 0 aromatic carbocycles. The predicted molar refractivity (Wildman–Crippen MR) is 66.0 cm³/mol. The lowest BCUT2D eigenvalue weighted by Gasteiger charge is -2.14. The van der Waals surface area contributed by atoms with Crippen molar-refractivity contribution in [3.8, 4) is 0 Å². The molecule has 84 valence electrons. The Morgan fingerprint density at radius 3 is 2.40 bits per heavy atom. The summed E-state index contributed by atoms with van der Waals surface area (Å²) < 4.78 is 0. The fraction of sp³-hybridized carbons (Fsp3) is 0.643. The molecule has 0 saturated heterocycles. The molecule has 1 heteroatoms. The van der Waals surface area contributed by atoms with E-state index in [1.54, 1.807) is 0 Å². The van der Waals surface area contributed by atoms with Crippen LogP contribution in [0.15, 0.2) is 24.5 Å². The number of hydrogen-bond acceptors (Lipinski definition) is 1. The third-order valence-electron chi connectivity index (χ3n) is 3.08. The zero-order valence-electron chi connectivity index (χ0n) is 10.1. The van der Waals surface area contributed by atoms with Gasteiger partial charge in [0, 0.05) is 12.4 Å². The van der Waals surface area contributed by atoms with Crippen molar-refractivity contribution in [2.75, 3.05) is 0 Å². The molecule has 1 rings (SSSR count). The van der Waals surface area contributed by atoms with Gasteiger partial charge in [0.15, 0.2) is 0 Å². The summed E-state index contributed by atoms with van der Waals surface area (Å²) in [7, 11) is 0. The highest BCUT2D eigenvalue weighted by molar-refractivity contribution is 5.15. The average molecular weight is 205 g/mol. The second-order valence-corrected chi connectivity index (χ2v) is 4.24. The fourth-order valence-electron chi connectivity index (χ4n) is 2.06. The van der Waals surface area contributed by atoms with Crippen LogP contribution in [-0.2, 0) is 0 Å². The van der Waals surface area contributed by atoms with Gasteiger partial charge >= 0.3 is 0 Å². The number of rotatable bonds is 7. The van der Waals surface area contributed by atoms with E-state index in [9.17, 15) is 0 Å². The van der Waals surface area contributed by atoms with Crippen LogP contribution in [0.4, 0.5) is 0 Å². The van der Waals surface area contributed by atoms with Gasteiger partial charge in [0.25, 0.3) is 0 Å². The molecule has 0 bridgehead atoms. The SMILES string of the molecule is CCCCCCC(CC)c1ccncc1. The summed E-state index contributed by atoms with van der Waals surface area (Å²) in [6, 6.07) is 4.32. The van der Waals surface area contributed by atoms with Crippen LogP contribution in [0.5, 0.6) is 0 Å². The summed E-state index contributed by atoms with van der Waals surface area (Å²) in [5.41, 5.74) is 1.46. The molecule has 0 amide bonds. The van der Waals surface area contributed by atoms with Crippen molar-refractivity contribution in [3.63, 3.8) is 0 Å². The van der Waals surface area contributed by atoms with Crippen LogP contribution in [-0.4, -0.2) is 4.98 Å². The number of pyridine rings is 1. The number of nitrogens with zero attached hydrogens (tertiary/aromatic N) is 1. The lowest BCUT2D eigenvalue weighted by molar-refractivity contribution is 0.542. The van der Waals surface area contributed by atoms with Gasteiger partial charge < -0.3 is 0 Å². The molecule has 15 heavy (non-hydrogen) atoms. The van der Waals surface area contributed by atoms with Crippen LogP contribution in [0.1, 0.15) is 63.9 Å². The Hall–Kier alpha value is -0.850. The highest BCUT2D eigenvalue weighted by Gasteiger charge is 2.07. The molecule has 0 aliphatic heterocycles. The molecule has 1 aromatic rings. The summed E-state index contributed by atoms with van der Waals surface area (Å²) >= 11 is 0. The molecule has 0 aliphatic rings. The van der Waals surface area contributed by atoms with Crippen LogP contribution in [0.2, 0.25) is 0 Å². The topological polar surface area (TPSA) is 12.9 Å². The molecule has 0 radical (unpaired) electrons. The molecule has 1 unspecified atom stereocenters. The van der Waals surface area contributed by atoms with E-state index in [1.165, 1.54) is 44.1 Å². The van der Waals surface area contributed by atoms with Gasteiger partial charge in [-0.05, 0) is 36.5 Å². The van der Waals surface area contributed by atoms with E-state index >= 15 is 0 Å². The summed E-state index contributed by atoms with van der Waals surface area (Å²) in [6.45, 7) is 4.55. The predicted octanol–water partition coefficient (Wildman–Crippen LogP) is 4.55. The molecule has 0 N–H and O–H groups in total. The second kappa shape index (κ2) is 7.44. The highest BCUT2D eigenvalue weighted by atomic mass is 14.6.